The third kappa shape index (κ3) is 3.65. The van der Waals surface area contributed by atoms with Crippen LogP contribution >= 0.6 is 0 Å². The monoisotopic (exact) mass is 251 g/mol. The number of methoxy groups -OCH3 is 1. The van der Waals surface area contributed by atoms with E-state index in [2.05, 4.69) is 23.5 Å². The number of benzene rings is 1. The van der Waals surface area contributed by atoms with Crippen LogP contribution in [0.25, 0.3) is 0 Å². The third-order valence-corrected chi connectivity index (χ3v) is 2.79. The first-order chi connectivity index (χ1) is 8.62. The SMILES string of the molecule is CCN(CC)c1cccc(O[C@H](C)C(=O)OC)c1. The van der Waals surface area contributed by atoms with Gasteiger partial charge in [0.1, 0.15) is 5.75 Å². The number of carbonyl (C=O) groups is 1. The molecule has 1 atom stereocenters. The Labute approximate surface area is 108 Å². The van der Waals surface area contributed by atoms with E-state index in [9.17, 15) is 4.79 Å². The topological polar surface area (TPSA) is 38.8 Å². The number of nitrogens with zero attached hydrogens (tertiary/aromatic N) is 1. The summed E-state index contributed by atoms with van der Waals surface area (Å²) >= 11 is 0. The van der Waals surface area contributed by atoms with E-state index in [0.717, 1.165) is 18.8 Å². The minimum Gasteiger partial charge on any atom is -0.479 e. The summed E-state index contributed by atoms with van der Waals surface area (Å²) in [5.41, 5.74) is 1.09. The lowest BCUT2D eigenvalue weighted by Crippen LogP contribution is -2.25. The van der Waals surface area contributed by atoms with E-state index in [1.54, 1.807) is 6.92 Å². The van der Waals surface area contributed by atoms with E-state index in [1.807, 2.05) is 24.3 Å². The number of anilines is 1. The molecule has 0 N–H and O–H groups in total. The van der Waals surface area contributed by atoms with Crippen LogP contribution in [0.15, 0.2) is 24.3 Å². The minimum absolute atomic E-state index is 0.372. The molecule has 1 rings (SSSR count). The lowest BCUT2D eigenvalue weighted by Gasteiger charge is -2.22. The molecule has 0 aliphatic carbocycles. The highest BCUT2D eigenvalue weighted by molar-refractivity contribution is 5.74. The number of hydrogen-bond donors (Lipinski definition) is 0. The minimum atomic E-state index is -0.595. The Hall–Kier alpha value is -1.71. The first-order valence-electron chi connectivity index (χ1n) is 6.21. The van der Waals surface area contributed by atoms with E-state index >= 15 is 0 Å². The molecular weight excluding hydrogens is 230 g/mol. The van der Waals surface area contributed by atoms with Gasteiger partial charge in [0.15, 0.2) is 6.10 Å². The number of esters is 1. The van der Waals surface area contributed by atoms with Gasteiger partial charge < -0.3 is 14.4 Å². The zero-order valence-electron chi connectivity index (χ0n) is 11.5. The summed E-state index contributed by atoms with van der Waals surface area (Å²) in [5.74, 6) is 0.306. The maximum atomic E-state index is 11.3. The van der Waals surface area contributed by atoms with Crippen molar-refractivity contribution in [3.8, 4) is 5.75 Å². The first-order valence-corrected chi connectivity index (χ1v) is 6.21. The fourth-order valence-electron chi connectivity index (χ4n) is 1.76. The normalized spacial score (nSPS) is 11.8. The molecule has 0 amide bonds. The van der Waals surface area contributed by atoms with Crippen molar-refractivity contribution in [3.63, 3.8) is 0 Å². The molecule has 0 bridgehead atoms. The molecule has 0 heterocycles. The Balaban J connectivity index is 2.79. The van der Waals surface area contributed by atoms with Crippen molar-refractivity contribution in [1.82, 2.24) is 0 Å². The van der Waals surface area contributed by atoms with Crippen molar-refractivity contribution in [2.75, 3.05) is 25.1 Å². The zero-order valence-corrected chi connectivity index (χ0v) is 11.5. The summed E-state index contributed by atoms with van der Waals surface area (Å²) in [4.78, 5) is 13.5. The fraction of sp³-hybridized carbons (Fsp3) is 0.500. The number of ether oxygens (including phenoxy) is 2. The zero-order chi connectivity index (χ0) is 13.5. The summed E-state index contributed by atoms with van der Waals surface area (Å²) in [7, 11) is 1.36. The molecule has 1 aromatic carbocycles. The van der Waals surface area contributed by atoms with E-state index in [-0.39, 0.29) is 5.97 Å². The van der Waals surface area contributed by atoms with Gasteiger partial charge in [-0.15, -0.1) is 0 Å². The second-order valence-corrected chi connectivity index (χ2v) is 3.95. The molecular formula is C14H21NO3. The average molecular weight is 251 g/mol. The quantitative estimate of drug-likeness (QED) is 0.728. The molecule has 4 heteroatoms. The lowest BCUT2D eigenvalue weighted by atomic mass is 10.2. The second-order valence-electron chi connectivity index (χ2n) is 3.95. The number of rotatable bonds is 6. The molecule has 0 fully saturated rings. The van der Waals surface area contributed by atoms with Crippen LogP contribution in [0.3, 0.4) is 0 Å². The third-order valence-electron chi connectivity index (χ3n) is 2.79. The summed E-state index contributed by atoms with van der Waals surface area (Å²) in [5, 5.41) is 0. The molecule has 0 aliphatic heterocycles. The maximum absolute atomic E-state index is 11.3. The predicted molar refractivity (Wildman–Crippen MR) is 72.1 cm³/mol. The van der Waals surface area contributed by atoms with Crippen LogP contribution in [-0.2, 0) is 9.53 Å². The van der Waals surface area contributed by atoms with Gasteiger partial charge in [-0.25, -0.2) is 4.79 Å². The van der Waals surface area contributed by atoms with E-state index in [4.69, 9.17) is 4.74 Å². The highest BCUT2D eigenvalue weighted by Crippen LogP contribution is 2.22. The maximum Gasteiger partial charge on any atom is 0.346 e. The van der Waals surface area contributed by atoms with E-state index < -0.39 is 6.10 Å². The van der Waals surface area contributed by atoms with Crippen LogP contribution in [0, 0.1) is 0 Å². The summed E-state index contributed by atoms with van der Waals surface area (Å²) < 4.78 is 10.2. The molecule has 1 aromatic rings. The van der Waals surface area contributed by atoms with Gasteiger partial charge in [-0.3, -0.25) is 0 Å². The Morgan fingerprint density at radius 3 is 2.56 bits per heavy atom. The van der Waals surface area contributed by atoms with Crippen LogP contribution < -0.4 is 9.64 Å². The lowest BCUT2D eigenvalue weighted by molar-refractivity contribution is -0.147. The van der Waals surface area contributed by atoms with Crippen LogP contribution in [0.4, 0.5) is 5.69 Å². The van der Waals surface area contributed by atoms with Gasteiger partial charge in [-0.2, -0.15) is 0 Å². The van der Waals surface area contributed by atoms with Gasteiger partial charge in [0.2, 0.25) is 0 Å². The van der Waals surface area contributed by atoms with Gasteiger partial charge in [-0.1, -0.05) is 6.07 Å². The molecule has 100 valence electrons. The summed E-state index contributed by atoms with van der Waals surface area (Å²) in [6.45, 7) is 7.76. The van der Waals surface area contributed by atoms with Crippen LogP contribution in [0.5, 0.6) is 5.75 Å². The molecule has 18 heavy (non-hydrogen) atoms. The highest BCUT2D eigenvalue weighted by atomic mass is 16.6. The molecule has 0 saturated heterocycles. The van der Waals surface area contributed by atoms with Crippen molar-refractivity contribution < 1.29 is 14.3 Å². The average Bonchev–Trinajstić information content (AvgIpc) is 2.39. The fourth-order valence-corrected chi connectivity index (χ4v) is 1.76. The van der Waals surface area contributed by atoms with E-state index in [1.165, 1.54) is 7.11 Å². The molecule has 0 aliphatic rings. The molecule has 4 nitrogen and oxygen atoms in total. The number of carbonyl (C=O) groups excluding carboxylic acids is 1. The molecule has 0 saturated carbocycles. The Bertz CT molecular complexity index is 388. The molecule has 0 spiro atoms. The Morgan fingerprint density at radius 1 is 1.33 bits per heavy atom. The van der Waals surface area contributed by atoms with Crippen LogP contribution in [-0.4, -0.2) is 32.3 Å². The second kappa shape index (κ2) is 6.89. The van der Waals surface area contributed by atoms with Crippen molar-refractivity contribution in [3.05, 3.63) is 24.3 Å². The van der Waals surface area contributed by atoms with Crippen molar-refractivity contribution in [2.45, 2.75) is 26.9 Å². The van der Waals surface area contributed by atoms with Crippen molar-refractivity contribution >= 4 is 11.7 Å². The van der Waals surface area contributed by atoms with Gasteiger partial charge >= 0.3 is 5.97 Å². The van der Waals surface area contributed by atoms with Crippen LogP contribution in [0.1, 0.15) is 20.8 Å². The van der Waals surface area contributed by atoms with Gasteiger partial charge in [0, 0.05) is 24.8 Å². The number of hydrogen-bond acceptors (Lipinski definition) is 4. The Kier molecular flexibility index (Phi) is 5.49. The largest absolute Gasteiger partial charge is 0.479 e. The summed E-state index contributed by atoms with van der Waals surface area (Å²) in [6.07, 6.45) is -0.595. The van der Waals surface area contributed by atoms with E-state index in [0.29, 0.717) is 5.75 Å². The predicted octanol–water partition coefficient (Wildman–Crippen LogP) is 2.47. The highest BCUT2D eigenvalue weighted by Gasteiger charge is 2.15. The Morgan fingerprint density at radius 2 is 2.00 bits per heavy atom. The molecule has 0 radical (unpaired) electrons. The van der Waals surface area contributed by atoms with Crippen molar-refractivity contribution in [2.24, 2.45) is 0 Å². The molecule has 0 aromatic heterocycles. The standard InChI is InChI=1S/C14H21NO3/c1-5-15(6-2)12-8-7-9-13(10-12)18-11(3)14(16)17-4/h7-11H,5-6H2,1-4H3/t11-/m1/s1. The van der Waals surface area contributed by atoms with Crippen molar-refractivity contribution in [1.29, 1.82) is 0 Å². The van der Waals surface area contributed by atoms with Gasteiger partial charge in [-0.05, 0) is 32.9 Å². The van der Waals surface area contributed by atoms with Gasteiger partial charge in [0.05, 0.1) is 7.11 Å². The molecule has 0 unspecified atom stereocenters. The van der Waals surface area contributed by atoms with Crippen LogP contribution in [0.2, 0.25) is 0 Å². The smallest absolute Gasteiger partial charge is 0.346 e. The first kappa shape index (κ1) is 14.4. The summed E-state index contributed by atoms with van der Waals surface area (Å²) in [6, 6.07) is 7.73. The van der Waals surface area contributed by atoms with Gasteiger partial charge in [0.25, 0.3) is 0 Å².